The Morgan fingerprint density at radius 1 is 1.61 bits per heavy atom. The third kappa shape index (κ3) is 2.41. The number of carbonyl (C=O) groups excluding carboxylic acids is 1. The molecule has 2 N–H and O–H groups in total. The molecule has 0 aromatic carbocycles. The van der Waals surface area contributed by atoms with E-state index in [1.807, 2.05) is 24.8 Å². The second-order valence-electron chi connectivity index (χ2n) is 5.17. The van der Waals surface area contributed by atoms with Gasteiger partial charge < -0.3 is 10.6 Å². The van der Waals surface area contributed by atoms with Crippen LogP contribution in [0.2, 0.25) is 0 Å². The van der Waals surface area contributed by atoms with Gasteiger partial charge in [0.2, 0.25) is 0 Å². The molecule has 0 spiro atoms. The van der Waals surface area contributed by atoms with Crippen LogP contribution in [-0.2, 0) is 6.54 Å². The molecule has 18 heavy (non-hydrogen) atoms. The van der Waals surface area contributed by atoms with Crippen LogP contribution in [0, 0.1) is 12.8 Å². The highest BCUT2D eigenvalue weighted by Crippen LogP contribution is 2.18. The summed E-state index contributed by atoms with van der Waals surface area (Å²) < 4.78 is 1.77. The van der Waals surface area contributed by atoms with Gasteiger partial charge in [-0.25, -0.2) is 0 Å². The number of hydrogen-bond acceptors (Lipinski definition) is 3. The number of carbonyl (C=O) groups is 1. The summed E-state index contributed by atoms with van der Waals surface area (Å²) in [6, 6.07) is 1.94. The normalized spacial score (nSPS) is 24.3. The molecule has 2 atom stereocenters. The van der Waals surface area contributed by atoms with Crippen molar-refractivity contribution in [2.45, 2.75) is 39.8 Å². The van der Waals surface area contributed by atoms with Crippen LogP contribution in [0.3, 0.4) is 0 Å². The fourth-order valence-electron chi connectivity index (χ4n) is 2.40. The Hall–Kier alpha value is -1.36. The van der Waals surface area contributed by atoms with Gasteiger partial charge in [-0.2, -0.15) is 5.10 Å². The molecule has 5 heteroatoms. The van der Waals surface area contributed by atoms with Crippen molar-refractivity contribution in [2.24, 2.45) is 11.7 Å². The highest BCUT2D eigenvalue weighted by molar-refractivity contribution is 5.92. The zero-order valence-electron chi connectivity index (χ0n) is 11.4. The van der Waals surface area contributed by atoms with Crippen molar-refractivity contribution in [3.63, 3.8) is 0 Å². The van der Waals surface area contributed by atoms with Crippen molar-refractivity contribution < 1.29 is 4.79 Å². The smallest absolute Gasteiger partial charge is 0.272 e. The first-order chi connectivity index (χ1) is 8.52. The van der Waals surface area contributed by atoms with E-state index in [1.165, 1.54) is 0 Å². The first-order valence-electron chi connectivity index (χ1n) is 6.62. The summed E-state index contributed by atoms with van der Waals surface area (Å²) >= 11 is 0. The van der Waals surface area contributed by atoms with E-state index in [0.717, 1.165) is 18.7 Å². The summed E-state index contributed by atoms with van der Waals surface area (Å²) in [6.07, 6.45) is 0.978. The molecular formula is C13H22N4O. The Bertz CT molecular complexity index is 440. The SMILES string of the molecule is CCn1nc(C)cc1C(=O)N1CCC(C)C(N)C1. The highest BCUT2D eigenvalue weighted by atomic mass is 16.2. The number of likely N-dealkylation sites (tertiary alicyclic amines) is 1. The minimum atomic E-state index is 0.0554. The predicted octanol–water partition coefficient (Wildman–Crippen LogP) is 1.02. The standard InChI is InChI=1S/C13H22N4O/c1-4-17-12(7-10(3)15-17)13(18)16-6-5-9(2)11(14)8-16/h7,9,11H,4-6,8,14H2,1-3H3. The average Bonchev–Trinajstić information content (AvgIpc) is 2.73. The number of aryl methyl sites for hydroxylation is 2. The Balaban J connectivity index is 2.16. The fraction of sp³-hybridized carbons (Fsp3) is 0.692. The molecule has 0 saturated carbocycles. The van der Waals surface area contributed by atoms with Gasteiger partial charge in [-0.05, 0) is 32.3 Å². The molecule has 1 aliphatic heterocycles. The fourth-order valence-corrected chi connectivity index (χ4v) is 2.40. The number of nitrogens with two attached hydrogens (primary N) is 1. The second kappa shape index (κ2) is 5.10. The third-order valence-corrected chi connectivity index (χ3v) is 3.72. The molecule has 1 aliphatic rings. The van der Waals surface area contributed by atoms with Crippen molar-refractivity contribution in [1.82, 2.24) is 14.7 Å². The Morgan fingerprint density at radius 2 is 2.33 bits per heavy atom. The Morgan fingerprint density at radius 3 is 2.94 bits per heavy atom. The van der Waals surface area contributed by atoms with Gasteiger partial charge in [0, 0.05) is 25.7 Å². The molecule has 0 aliphatic carbocycles. The van der Waals surface area contributed by atoms with E-state index in [4.69, 9.17) is 5.73 Å². The van der Waals surface area contributed by atoms with Gasteiger partial charge in [-0.3, -0.25) is 9.48 Å². The molecule has 2 unspecified atom stereocenters. The molecule has 1 aromatic heterocycles. The van der Waals surface area contributed by atoms with E-state index in [0.29, 0.717) is 24.7 Å². The summed E-state index contributed by atoms with van der Waals surface area (Å²) in [5.41, 5.74) is 7.61. The number of amides is 1. The van der Waals surface area contributed by atoms with Crippen LogP contribution >= 0.6 is 0 Å². The maximum atomic E-state index is 12.5. The maximum Gasteiger partial charge on any atom is 0.272 e. The van der Waals surface area contributed by atoms with Gasteiger partial charge in [0.25, 0.3) is 5.91 Å². The molecule has 1 fully saturated rings. The van der Waals surface area contributed by atoms with E-state index in [-0.39, 0.29) is 11.9 Å². The molecule has 1 amide bonds. The van der Waals surface area contributed by atoms with E-state index in [2.05, 4.69) is 12.0 Å². The minimum Gasteiger partial charge on any atom is -0.336 e. The van der Waals surface area contributed by atoms with Crippen LogP contribution in [0.4, 0.5) is 0 Å². The minimum absolute atomic E-state index is 0.0554. The largest absolute Gasteiger partial charge is 0.336 e. The van der Waals surface area contributed by atoms with Crippen molar-refractivity contribution in [1.29, 1.82) is 0 Å². The van der Waals surface area contributed by atoms with Gasteiger partial charge in [-0.15, -0.1) is 0 Å². The zero-order chi connectivity index (χ0) is 13.3. The molecule has 0 radical (unpaired) electrons. The lowest BCUT2D eigenvalue weighted by atomic mass is 9.94. The summed E-state index contributed by atoms with van der Waals surface area (Å²) in [7, 11) is 0. The van der Waals surface area contributed by atoms with E-state index in [1.54, 1.807) is 4.68 Å². The average molecular weight is 250 g/mol. The lowest BCUT2D eigenvalue weighted by Gasteiger charge is -2.35. The van der Waals surface area contributed by atoms with Crippen LogP contribution in [0.15, 0.2) is 6.07 Å². The highest BCUT2D eigenvalue weighted by Gasteiger charge is 2.28. The lowest BCUT2D eigenvalue weighted by Crippen LogP contribution is -2.50. The van der Waals surface area contributed by atoms with Crippen LogP contribution in [0.5, 0.6) is 0 Å². The summed E-state index contributed by atoms with van der Waals surface area (Å²) in [4.78, 5) is 14.3. The summed E-state index contributed by atoms with van der Waals surface area (Å²) in [5.74, 6) is 0.548. The predicted molar refractivity (Wildman–Crippen MR) is 70.3 cm³/mol. The van der Waals surface area contributed by atoms with E-state index >= 15 is 0 Å². The van der Waals surface area contributed by atoms with Crippen LogP contribution in [0.1, 0.15) is 36.5 Å². The quantitative estimate of drug-likeness (QED) is 0.852. The maximum absolute atomic E-state index is 12.5. The van der Waals surface area contributed by atoms with Gasteiger partial charge >= 0.3 is 0 Å². The molecule has 1 aromatic rings. The van der Waals surface area contributed by atoms with Crippen molar-refractivity contribution in [2.75, 3.05) is 13.1 Å². The van der Waals surface area contributed by atoms with Crippen LogP contribution < -0.4 is 5.73 Å². The van der Waals surface area contributed by atoms with Crippen molar-refractivity contribution in [3.8, 4) is 0 Å². The molecule has 2 rings (SSSR count). The zero-order valence-corrected chi connectivity index (χ0v) is 11.4. The van der Waals surface area contributed by atoms with Gasteiger partial charge in [0.1, 0.15) is 5.69 Å². The van der Waals surface area contributed by atoms with Gasteiger partial charge in [0.05, 0.1) is 5.69 Å². The number of piperidine rings is 1. The number of aromatic nitrogens is 2. The molecule has 100 valence electrons. The monoisotopic (exact) mass is 250 g/mol. The third-order valence-electron chi connectivity index (χ3n) is 3.72. The van der Waals surface area contributed by atoms with Crippen molar-refractivity contribution >= 4 is 5.91 Å². The molecule has 1 saturated heterocycles. The number of hydrogen-bond donors (Lipinski definition) is 1. The van der Waals surface area contributed by atoms with Crippen LogP contribution in [0.25, 0.3) is 0 Å². The van der Waals surface area contributed by atoms with E-state index < -0.39 is 0 Å². The molecular weight excluding hydrogens is 228 g/mol. The number of rotatable bonds is 2. The summed E-state index contributed by atoms with van der Waals surface area (Å²) in [5, 5.41) is 4.32. The lowest BCUT2D eigenvalue weighted by molar-refractivity contribution is 0.0660. The van der Waals surface area contributed by atoms with E-state index in [9.17, 15) is 4.79 Å². The van der Waals surface area contributed by atoms with Gasteiger partial charge in [0.15, 0.2) is 0 Å². The molecule has 2 heterocycles. The summed E-state index contributed by atoms with van der Waals surface area (Å²) in [6.45, 7) is 8.20. The number of nitrogens with zero attached hydrogens (tertiary/aromatic N) is 3. The van der Waals surface area contributed by atoms with Gasteiger partial charge in [-0.1, -0.05) is 6.92 Å². The van der Waals surface area contributed by atoms with Crippen LogP contribution in [-0.4, -0.2) is 39.7 Å². The van der Waals surface area contributed by atoms with Crippen molar-refractivity contribution in [3.05, 3.63) is 17.5 Å². The first kappa shape index (κ1) is 13.1. The second-order valence-corrected chi connectivity index (χ2v) is 5.17. The molecule has 5 nitrogen and oxygen atoms in total. The first-order valence-corrected chi connectivity index (χ1v) is 6.62. The Kier molecular flexibility index (Phi) is 3.71. The molecule has 0 bridgehead atoms. The topological polar surface area (TPSA) is 64.2 Å². The Labute approximate surface area is 108 Å².